The standard InChI is InChI=1S/C21H20N2O7/c1-3-29-20(27)22-14-10-12(24)8-9-13(14)16-11-18(26)19-15(6-5-7-17(19)25)23(16)21(28)30-4-2/h5-11,24-25H,3-4H2,1-2H3,(H,22,27). The Balaban J connectivity index is 2.34. The topological polar surface area (TPSA) is 127 Å². The average Bonchev–Trinajstić information content (AvgIpc) is 2.68. The third-order valence-electron chi connectivity index (χ3n) is 4.26. The van der Waals surface area contributed by atoms with Crippen molar-refractivity contribution in [2.45, 2.75) is 13.8 Å². The lowest BCUT2D eigenvalue weighted by atomic mass is 10.1. The van der Waals surface area contributed by atoms with Crippen molar-refractivity contribution in [3.63, 3.8) is 0 Å². The molecule has 1 aromatic heterocycles. The van der Waals surface area contributed by atoms with Crippen LogP contribution in [-0.2, 0) is 9.47 Å². The first-order chi connectivity index (χ1) is 14.4. The molecule has 30 heavy (non-hydrogen) atoms. The second-order valence-corrected chi connectivity index (χ2v) is 6.17. The molecule has 0 fully saturated rings. The minimum absolute atomic E-state index is 0.0482. The molecule has 0 aliphatic rings. The van der Waals surface area contributed by atoms with E-state index in [0.717, 1.165) is 10.6 Å². The maximum absolute atomic E-state index is 12.8. The second kappa shape index (κ2) is 8.56. The zero-order valence-corrected chi connectivity index (χ0v) is 16.3. The van der Waals surface area contributed by atoms with Gasteiger partial charge in [0.1, 0.15) is 11.5 Å². The van der Waals surface area contributed by atoms with E-state index in [1.165, 1.54) is 36.4 Å². The molecule has 9 nitrogen and oxygen atoms in total. The maximum atomic E-state index is 12.8. The minimum Gasteiger partial charge on any atom is -0.508 e. The fraction of sp³-hybridized carbons (Fsp3) is 0.190. The lowest BCUT2D eigenvalue weighted by Gasteiger charge is -2.18. The van der Waals surface area contributed by atoms with Gasteiger partial charge in [0.25, 0.3) is 0 Å². The molecule has 0 aliphatic carbocycles. The van der Waals surface area contributed by atoms with Crippen LogP contribution in [0.5, 0.6) is 11.5 Å². The first-order valence-electron chi connectivity index (χ1n) is 9.19. The number of hydrogen-bond donors (Lipinski definition) is 3. The van der Waals surface area contributed by atoms with Gasteiger partial charge < -0.3 is 19.7 Å². The lowest BCUT2D eigenvalue weighted by molar-refractivity contribution is 0.155. The number of carbonyl (C=O) groups is 2. The molecule has 3 N–H and O–H groups in total. The highest BCUT2D eigenvalue weighted by Gasteiger charge is 2.21. The van der Waals surface area contributed by atoms with Gasteiger partial charge in [0.15, 0.2) is 5.43 Å². The van der Waals surface area contributed by atoms with Crippen molar-refractivity contribution in [2.75, 3.05) is 18.5 Å². The van der Waals surface area contributed by atoms with Gasteiger partial charge >= 0.3 is 12.2 Å². The largest absolute Gasteiger partial charge is 0.508 e. The molecule has 3 aromatic rings. The number of rotatable bonds is 4. The van der Waals surface area contributed by atoms with Crippen LogP contribution in [0.25, 0.3) is 22.2 Å². The summed E-state index contributed by atoms with van der Waals surface area (Å²) in [5.74, 6) is -0.424. The molecule has 156 valence electrons. The second-order valence-electron chi connectivity index (χ2n) is 6.17. The molecule has 0 saturated carbocycles. The van der Waals surface area contributed by atoms with Gasteiger partial charge in [0.2, 0.25) is 0 Å². The summed E-state index contributed by atoms with van der Waals surface area (Å²) in [5, 5.41) is 22.5. The van der Waals surface area contributed by atoms with Gasteiger partial charge in [-0.15, -0.1) is 0 Å². The third kappa shape index (κ3) is 3.90. The van der Waals surface area contributed by atoms with Crippen LogP contribution in [-0.4, -0.2) is 40.2 Å². The van der Waals surface area contributed by atoms with E-state index in [9.17, 15) is 24.6 Å². The number of pyridine rings is 1. The minimum atomic E-state index is -0.779. The lowest BCUT2D eigenvalue weighted by Crippen LogP contribution is -2.21. The molecule has 0 aliphatic heterocycles. The quantitative estimate of drug-likeness (QED) is 0.597. The van der Waals surface area contributed by atoms with Crippen molar-refractivity contribution in [2.24, 2.45) is 0 Å². The van der Waals surface area contributed by atoms with E-state index in [1.807, 2.05) is 0 Å². The monoisotopic (exact) mass is 412 g/mol. The van der Waals surface area contributed by atoms with Crippen LogP contribution in [0.2, 0.25) is 0 Å². The van der Waals surface area contributed by atoms with Crippen LogP contribution in [0.15, 0.2) is 47.3 Å². The molecule has 2 aromatic carbocycles. The van der Waals surface area contributed by atoms with Crippen LogP contribution in [0.3, 0.4) is 0 Å². The first kappa shape index (κ1) is 20.7. The molecule has 3 rings (SSSR count). The number of carbonyl (C=O) groups excluding carboxylic acids is 2. The van der Waals surface area contributed by atoms with Crippen molar-refractivity contribution < 1.29 is 29.3 Å². The number of nitrogens with one attached hydrogen (secondary N) is 1. The number of ether oxygens (including phenoxy) is 2. The van der Waals surface area contributed by atoms with Crippen LogP contribution in [0.1, 0.15) is 13.8 Å². The van der Waals surface area contributed by atoms with E-state index in [0.29, 0.717) is 0 Å². The maximum Gasteiger partial charge on any atom is 0.418 e. The van der Waals surface area contributed by atoms with E-state index in [1.54, 1.807) is 13.8 Å². The van der Waals surface area contributed by atoms with E-state index in [4.69, 9.17) is 9.47 Å². The molecule has 0 unspecified atom stereocenters. The van der Waals surface area contributed by atoms with Crippen molar-refractivity contribution in [3.05, 3.63) is 52.7 Å². The number of anilines is 1. The number of hydrogen-bond acceptors (Lipinski definition) is 7. The Morgan fingerprint density at radius 2 is 1.77 bits per heavy atom. The Labute approximate surface area is 171 Å². The summed E-state index contributed by atoms with van der Waals surface area (Å²) in [6.07, 6.45) is -1.55. The van der Waals surface area contributed by atoms with Gasteiger partial charge in [0.05, 0.1) is 35.5 Å². The molecule has 0 atom stereocenters. The predicted octanol–water partition coefficient (Wildman–Crippen LogP) is 3.65. The Hall–Kier alpha value is -4.01. The average molecular weight is 412 g/mol. The van der Waals surface area contributed by atoms with Crippen molar-refractivity contribution in [1.29, 1.82) is 0 Å². The van der Waals surface area contributed by atoms with Crippen molar-refractivity contribution in [3.8, 4) is 22.8 Å². The molecule has 9 heteroatoms. The summed E-state index contributed by atoms with van der Waals surface area (Å²) in [6, 6.07) is 9.53. The van der Waals surface area contributed by atoms with E-state index >= 15 is 0 Å². The number of phenols is 2. The SMILES string of the molecule is CCOC(=O)Nc1cc(O)ccc1-c1cc(=O)c2c(O)cccc2n1C(=O)OCC. The Morgan fingerprint density at radius 1 is 1.03 bits per heavy atom. The highest BCUT2D eigenvalue weighted by molar-refractivity contribution is 5.98. The number of phenolic OH excluding ortho intramolecular Hbond substituents is 2. The van der Waals surface area contributed by atoms with Gasteiger partial charge in [-0.05, 0) is 38.1 Å². The number of nitrogens with zero attached hydrogens (tertiary/aromatic N) is 1. The van der Waals surface area contributed by atoms with Crippen LogP contribution in [0.4, 0.5) is 15.3 Å². The molecular formula is C21H20N2O7. The molecule has 0 saturated heterocycles. The van der Waals surface area contributed by atoms with Crippen LogP contribution in [0, 0.1) is 0 Å². The summed E-state index contributed by atoms with van der Waals surface area (Å²) in [4.78, 5) is 37.5. The first-order valence-corrected chi connectivity index (χ1v) is 9.19. The molecule has 1 amide bonds. The molecule has 1 heterocycles. The summed E-state index contributed by atoms with van der Waals surface area (Å²) in [6.45, 7) is 3.47. The van der Waals surface area contributed by atoms with E-state index in [2.05, 4.69) is 5.32 Å². The van der Waals surface area contributed by atoms with E-state index in [-0.39, 0.29) is 52.6 Å². The highest BCUT2D eigenvalue weighted by atomic mass is 16.6. The predicted molar refractivity (Wildman–Crippen MR) is 110 cm³/mol. The summed E-state index contributed by atoms with van der Waals surface area (Å²) in [5.41, 5.74) is 0.0740. The number of fused-ring (bicyclic) bond motifs is 1. The Bertz CT molecular complexity index is 1180. The fourth-order valence-electron chi connectivity index (χ4n) is 3.08. The Morgan fingerprint density at radius 3 is 2.47 bits per heavy atom. The van der Waals surface area contributed by atoms with Gasteiger partial charge in [-0.25, -0.2) is 14.2 Å². The van der Waals surface area contributed by atoms with Gasteiger partial charge in [-0.1, -0.05) is 6.07 Å². The summed E-state index contributed by atoms with van der Waals surface area (Å²) < 4.78 is 11.1. The van der Waals surface area contributed by atoms with Gasteiger partial charge in [0, 0.05) is 17.7 Å². The number of benzene rings is 2. The smallest absolute Gasteiger partial charge is 0.418 e. The molecular weight excluding hydrogens is 392 g/mol. The van der Waals surface area contributed by atoms with E-state index < -0.39 is 17.6 Å². The van der Waals surface area contributed by atoms with Crippen molar-refractivity contribution >= 4 is 28.8 Å². The van der Waals surface area contributed by atoms with Gasteiger partial charge in [-0.3, -0.25) is 10.1 Å². The fourth-order valence-corrected chi connectivity index (χ4v) is 3.08. The number of aromatic hydroxyl groups is 2. The zero-order chi connectivity index (χ0) is 21.8. The summed E-state index contributed by atoms with van der Waals surface area (Å²) >= 11 is 0. The summed E-state index contributed by atoms with van der Waals surface area (Å²) in [7, 11) is 0. The number of aromatic nitrogens is 1. The normalized spacial score (nSPS) is 10.6. The van der Waals surface area contributed by atoms with Crippen LogP contribution < -0.4 is 10.7 Å². The molecule has 0 spiro atoms. The molecule has 0 bridgehead atoms. The van der Waals surface area contributed by atoms with Crippen molar-refractivity contribution in [1.82, 2.24) is 4.57 Å². The Kier molecular flexibility index (Phi) is 5.91. The van der Waals surface area contributed by atoms with Gasteiger partial charge in [-0.2, -0.15) is 0 Å². The third-order valence-corrected chi connectivity index (χ3v) is 4.26. The number of amides is 1. The van der Waals surface area contributed by atoms with Crippen LogP contribution >= 0.6 is 0 Å². The highest BCUT2D eigenvalue weighted by Crippen LogP contribution is 2.33. The zero-order valence-electron chi connectivity index (χ0n) is 16.3. The molecule has 0 radical (unpaired) electrons.